The first-order valence-electron chi connectivity index (χ1n) is 45.4. The van der Waals surface area contributed by atoms with Crippen molar-refractivity contribution in [3.63, 3.8) is 0 Å². The molecule has 0 saturated carbocycles. The van der Waals surface area contributed by atoms with Crippen molar-refractivity contribution in [1.82, 2.24) is 4.57 Å². The van der Waals surface area contributed by atoms with E-state index in [4.69, 9.17) is 0 Å². The molecule has 0 saturated heterocycles. The number of aromatic nitrogens is 1. The van der Waals surface area contributed by atoms with Gasteiger partial charge in [0.1, 0.15) is 0 Å². The largest absolute Gasteiger partial charge is 0.311 e. The van der Waals surface area contributed by atoms with Gasteiger partial charge in [0, 0.05) is 109 Å². The molecule has 4 aliphatic carbocycles. The Hall–Kier alpha value is -16.5. The lowest BCUT2D eigenvalue weighted by Crippen LogP contribution is -2.25. The van der Waals surface area contributed by atoms with Crippen molar-refractivity contribution in [2.45, 2.75) is 10.8 Å². The fraction of sp³-hybridized carbons (Fsp3) is 0.0159. The molecule has 0 fully saturated rings. The molecular formula is C126H82N4S2. The molecule has 3 aromatic heterocycles. The molecule has 3 heterocycles. The summed E-state index contributed by atoms with van der Waals surface area (Å²) in [6.07, 6.45) is 0. The van der Waals surface area contributed by atoms with Crippen LogP contribution in [0.2, 0.25) is 0 Å². The zero-order valence-electron chi connectivity index (χ0n) is 71.9. The van der Waals surface area contributed by atoms with Crippen LogP contribution in [-0.2, 0) is 10.8 Å². The average molecular weight is 1720 g/mol. The Morgan fingerprint density at radius 3 is 0.833 bits per heavy atom. The summed E-state index contributed by atoms with van der Waals surface area (Å²) in [4.78, 5) is 9.88. The van der Waals surface area contributed by atoms with Gasteiger partial charge in [0.2, 0.25) is 0 Å². The lowest BCUT2D eigenvalue weighted by atomic mass is 9.73. The highest BCUT2D eigenvalue weighted by Gasteiger charge is 2.56. The van der Waals surface area contributed by atoms with Crippen LogP contribution in [0.15, 0.2) is 497 Å². The van der Waals surface area contributed by atoms with Gasteiger partial charge < -0.3 is 19.3 Å². The molecule has 0 aliphatic heterocycles. The van der Waals surface area contributed by atoms with Crippen LogP contribution in [0.25, 0.3) is 137 Å². The maximum absolute atomic E-state index is 2.51. The molecule has 0 radical (unpaired) electrons. The fourth-order valence-corrected chi connectivity index (χ4v) is 25.0. The van der Waals surface area contributed by atoms with Crippen LogP contribution in [0.3, 0.4) is 0 Å². The standard InChI is InChI=1S/C69H46N2S.C57H36N2S/c1-5-17-47(18-6-1)48-29-37-57(38-30-48)71(55-23-11-4-12-24-55)58-41-33-50(34-42-58)52-36-44-61-65(46-52)69(68-67(61)62-26-14-16-28-66(62)72-68)63-27-15-13-25-59(63)60-43-35-51(45-64(60)69)49-31-39-56(40-32-49)70(53-19-7-2-8-20-53)54-21-9-3-10-22-54;1-3-15-39(16-4-1)58(40-17-5-2-6-18-40)42-32-34-47-51(36-42)57(56-55(47)48-22-10-14-26-54(48)60-56)49-23-11-7-19-43(49)44-33-29-38(35-50(44)57)37-27-30-41(31-28-37)59-52-24-12-8-20-45(52)46-21-9-13-25-53(46)59/h1-46H;1-36H. The van der Waals surface area contributed by atoms with E-state index in [-0.39, 0.29) is 0 Å². The third-order valence-electron chi connectivity index (χ3n) is 27.9. The first-order chi connectivity index (χ1) is 65.5. The molecule has 4 nitrogen and oxygen atoms in total. The van der Waals surface area contributed by atoms with Gasteiger partial charge in [-0.3, -0.25) is 0 Å². The van der Waals surface area contributed by atoms with Crippen LogP contribution >= 0.6 is 22.7 Å². The Labute approximate surface area is 775 Å². The zero-order chi connectivity index (χ0) is 87.0. The Morgan fingerprint density at radius 1 is 0.174 bits per heavy atom. The summed E-state index contributed by atoms with van der Waals surface area (Å²) in [5.74, 6) is 0. The van der Waals surface area contributed by atoms with E-state index in [2.05, 4.69) is 517 Å². The third kappa shape index (κ3) is 12.0. The molecule has 0 bridgehead atoms. The average Bonchev–Trinajstić information content (AvgIpc) is 1.50. The van der Waals surface area contributed by atoms with Gasteiger partial charge in [-0.2, -0.15) is 0 Å². The van der Waals surface area contributed by atoms with Crippen molar-refractivity contribution in [3.8, 4) is 94.7 Å². The highest BCUT2D eigenvalue weighted by atomic mass is 32.1. The fourth-order valence-electron chi connectivity index (χ4n) is 22.1. The van der Waals surface area contributed by atoms with Crippen LogP contribution in [0.1, 0.15) is 43.1 Å². The van der Waals surface area contributed by atoms with Crippen molar-refractivity contribution in [1.29, 1.82) is 0 Å². The minimum Gasteiger partial charge on any atom is -0.311 e. The highest BCUT2D eigenvalue weighted by Crippen LogP contribution is 2.69. The number of nitrogens with zero attached hydrogens (tertiary/aromatic N) is 4. The number of hydrogen-bond donors (Lipinski definition) is 0. The van der Waals surface area contributed by atoms with Crippen molar-refractivity contribution < 1.29 is 0 Å². The number of hydrogen-bond acceptors (Lipinski definition) is 5. The van der Waals surface area contributed by atoms with Crippen LogP contribution in [0, 0.1) is 0 Å². The summed E-state index contributed by atoms with van der Waals surface area (Å²) < 4.78 is 5.05. The predicted molar refractivity (Wildman–Crippen MR) is 556 cm³/mol. The monoisotopic (exact) mass is 1710 g/mol. The van der Waals surface area contributed by atoms with Crippen molar-refractivity contribution >= 4 is 116 Å². The van der Waals surface area contributed by atoms with Crippen LogP contribution in [-0.4, -0.2) is 4.57 Å². The van der Waals surface area contributed by atoms with Crippen molar-refractivity contribution in [2.75, 3.05) is 14.7 Å². The maximum atomic E-state index is 2.51. The molecule has 2 spiro atoms. The first kappa shape index (κ1) is 76.7. The number of fused-ring (bicyclic) bond motifs is 27. The van der Waals surface area contributed by atoms with E-state index in [9.17, 15) is 0 Å². The van der Waals surface area contributed by atoms with E-state index >= 15 is 0 Å². The minimum absolute atomic E-state index is 0.492. The topological polar surface area (TPSA) is 14.7 Å². The Morgan fingerprint density at radius 2 is 0.432 bits per heavy atom. The lowest BCUT2D eigenvalue weighted by molar-refractivity contribution is 0.812. The molecule has 132 heavy (non-hydrogen) atoms. The van der Waals surface area contributed by atoms with Gasteiger partial charge in [0.05, 0.1) is 21.9 Å². The third-order valence-corrected chi connectivity index (χ3v) is 30.4. The minimum atomic E-state index is -0.500. The Bertz CT molecular complexity index is 8290. The summed E-state index contributed by atoms with van der Waals surface area (Å²) in [6, 6.07) is 183. The number of rotatable bonds is 14. The van der Waals surface area contributed by atoms with E-state index in [1.54, 1.807) is 0 Å². The predicted octanol–water partition coefficient (Wildman–Crippen LogP) is 34.7. The summed E-state index contributed by atoms with van der Waals surface area (Å²) in [7, 11) is 0. The SMILES string of the molecule is c1ccc(-c2ccc(N(c3ccccc3)c3ccc(-c4ccc5c(c4)C4(c6ccccc6-c6ccc(-c7ccc(N(c8ccccc8)c8ccccc8)cc7)cc64)c4sc6ccccc6c4-5)cc3)cc2)cc1.c1ccc(N(c2ccccc2)c2ccc3c(c2)C2(c4ccccc4-c4ccc(-c5ccc(-n6c7ccccc7c7ccccc76)cc5)cc42)c2sc4ccccc4c2-3)cc1. The highest BCUT2D eigenvalue weighted by molar-refractivity contribution is 7.20. The smallest absolute Gasteiger partial charge is 0.0820 e. The van der Waals surface area contributed by atoms with Crippen molar-refractivity contribution in [2.24, 2.45) is 0 Å². The second-order valence-corrected chi connectivity index (χ2v) is 36.9. The van der Waals surface area contributed by atoms with Crippen molar-refractivity contribution in [3.05, 3.63) is 541 Å². The number of benzene rings is 20. The van der Waals surface area contributed by atoms with Crippen LogP contribution < -0.4 is 14.7 Å². The molecule has 618 valence electrons. The summed E-state index contributed by atoms with van der Waals surface area (Å²) >= 11 is 3.92. The zero-order valence-corrected chi connectivity index (χ0v) is 73.6. The van der Waals surface area contributed by atoms with Gasteiger partial charge in [-0.1, -0.05) is 334 Å². The van der Waals surface area contributed by atoms with Gasteiger partial charge in [-0.05, 0) is 275 Å². The van der Waals surface area contributed by atoms with E-state index in [1.807, 2.05) is 22.7 Å². The van der Waals surface area contributed by atoms with Crippen LogP contribution in [0.4, 0.5) is 51.2 Å². The van der Waals surface area contributed by atoms with Gasteiger partial charge in [0.15, 0.2) is 0 Å². The van der Waals surface area contributed by atoms with Gasteiger partial charge in [-0.15, -0.1) is 22.7 Å². The maximum Gasteiger partial charge on any atom is 0.0820 e. The molecule has 0 N–H and O–H groups in total. The molecule has 20 aromatic carbocycles. The number of para-hydroxylation sites is 7. The molecule has 27 rings (SSSR count). The number of thiophene rings is 2. The van der Waals surface area contributed by atoms with Gasteiger partial charge in [-0.25, -0.2) is 0 Å². The summed E-state index contributed by atoms with van der Waals surface area (Å²) in [5.41, 5.74) is 41.0. The Balaban J connectivity index is 0.000000141. The normalized spacial score (nSPS) is 14.3. The van der Waals surface area contributed by atoms with E-state index in [1.165, 1.54) is 174 Å². The summed E-state index contributed by atoms with van der Waals surface area (Å²) in [5, 5.41) is 5.20. The molecule has 4 aliphatic rings. The second-order valence-electron chi connectivity index (χ2n) is 34.8. The quantitative estimate of drug-likeness (QED) is 0.108. The molecule has 0 amide bonds. The van der Waals surface area contributed by atoms with Gasteiger partial charge in [0.25, 0.3) is 0 Å². The lowest BCUT2D eigenvalue weighted by Gasteiger charge is -2.31. The van der Waals surface area contributed by atoms with Crippen LogP contribution in [0.5, 0.6) is 0 Å². The Kier molecular flexibility index (Phi) is 18.1. The van der Waals surface area contributed by atoms with E-state index in [0.29, 0.717) is 0 Å². The van der Waals surface area contributed by atoms with E-state index < -0.39 is 10.8 Å². The summed E-state index contributed by atoms with van der Waals surface area (Å²) in [6.45, 7) is 0. The second kappa shape index (κ2) is 31.2. The molecule has 2 atom stereocenters. The molecule has 23 aromatic rings. The molecule has 6 heteroatoms. The molecule has 2 unspecified atom stereocenters. The van der Waals surface area contributed by atoms with E-state index in [0.717, 1.165) is 56.9 Å². The molecular weight excluding hydrogens is 1630 g/mol. The van der Waals surface area contributed by atoms with Gasteiger partial charge >= 0.3 is 0 Å². The first-order valence-corrected chi connectivity index (χ1v) is 47.0. The number of anilines is 9.